The maximum Gasteiger partial charge on any atom is 0.241 e. The van der Waals surface area contributed by atoms with Gasteiger partial charge in [0.1, 0.15) is 5.75 Å². The molecule has 0 spiro atoms. The number of nitrogens with one attached hydrogen (secondary N) is 1. The Balaban J connectivity index is 1.99. The summed E-state index contributed by atoms with van der Waals surface area (Å²) in [6, 6.07) is 20.0. The Morgan fingerprint density at radius 1 is 0.923 bits per heavy atom. The molecule has 3 aromatic rings. The van der Waals surface area contributed by atoms with Crippen LogP contribution in [-0.2, 0) is 10.0 Å². The summed E-state index contributed by atoms with van der Waals surface area (Å²) in [6.07, 6.45) is 0.893. The first-order valence-corrected chi connectivity index (χ1v) is 10.2. The van der Waals surface area contributed by atoms with Gasteiger partial charge in [-0.2, -0.15) is 0 Å². The average molecular weight is 369 g/mol. The van der Waals surface area contributed by atoms with E-state index in [1.54, 1.807) is 12.1 Å². The van der Waals surface area contributed by atoms with Gasteiger partial charge < -0.3 is 4.74 Å². The molecule has 0 unspecified atom stereocenters. The van der Waals surface area contributed by atoms with Crippen molar-refractivity contribution in [2.45, 2.75) is 31.2 Å². The quantitative estimate of drug-likeness (QED) is 0.658. The normalized spacial score (nSPS) is 12.8. The van der Waals surface area contributed by atoms with Gasteiger partial charge in [0.25, 0.3) is 0 Å². The van der Waals surface area contributed by atoms with Crippen molar-refractivity contribution in [2.75, 3.05) is 6.61 Å². The molecule has 0 amide bonds. The molecule has 1 atom stereocenters. The van der Waals surface area contributed by atoms with Crippen molar-refractivity contribution in [1.82, 2.24) is 4.72 Å². The van der Waals surface area contributed by atoms with Gasteiger partial charge in [0.2, 0.25) is 10.0 Å². The second-order valence-electron chi connectivity index (χ2n) is 6.21. The third-order valence-corrected chi connectivity index (χ3v) is 5.83. The molecule has 0 saturated heterocycles. The first-order chi connectivity index (χ1) is 12.5. The van der Waals surface area contributed by atoms with Crippen molar-refractivity contribution in [3.05, 3.63) is 72.3 Å². The Hall–Kier alpha value is -2.37. The van der Waals surface area contributed by atoms with Gasteiger partial charge >= 0.3 is 0 Å². The Bertz CT molecular complexity index is 985. The minimum atomic E-state index is -3.68. The fourth-order valence-electron chi connectivity index (χ4n) is 2.92. The lowest BCUT2D eigenvalue weighted by Gasteiger charge is -2.17. The minimum absolute atomic E-state index is 0.264. The molecule has 0 heterocycles. The maximum absolute atomic E-state index is 13.0. The van der Waals surface area contributed by atoms with Gasteiger partial charge in [-0.1, -0.05) is 61.5 Å². The van der Waals surface area contributed by atoms with Gasteiger partial charge in [-0.05, 0) is 31.0 Å². The summed E-state index contributed by atoms with van der Waals surface area (Å²) in [7, 11) is -3.68. The zero-order valence-corrected chi connectivity index (χ0v) is 15.8. The van der Waals surface area contributed by atoms with Crippen molar-refractivity contribution < 1.29 is 13.2 Å². The van der Waals surface area contributed by atoms with Crippen molar-refractivity contribution in [3.8, 4) is 5.75 Å². The molecule has 4 nitrogen and oxygen atoms in total. The number of benzene rings is 3. The van der Waals surface area contributed by atoms with Crippen LogP contribution < -0.4 is 9.46 Å². The highest BCUT2D eigenvalue weighted by molar-refractivity contribution is 7.89. The van der Waals surface area contributed by atoms with E-state index in [9.17, 15) is 8.42 Å². The monoisotopic (exact) mass is 369 g/mol. The third-order valence-electron chi connectivity index (χ3n) is 4.23. The van der Waals surface area contributed by atoms with Gasteiger partial charge in [-0.3, -0.25) is 0 Å². The number of rotatable bonds is 7. The maximum atomic E-state index is 13.0. The SMILES string of the molecule is CCCOc1ccc(S(=O)(=O)N[C@@H](C)c2ccccc2)c2ccccc12. The number of ether oxygens (including phenoxy) is 1. The third kappa shape index (κ3) is 3.89. The van der Waals surface area contributed by atoms with Crippen LogP contribution in [0.4, 0.5) is 0 Å². The van der Waals surface area contributed by atoms with Gasteiger partial charge in [0.05, 0.1) is 11.5 Å². The standard InChI is InChI=1S/C21H23NO3S/c1-3-15-25-20-13-14-21(19-12-8-7-11-18(19)20)26(23,24)22-16(2)17-9-5-4-6-10-17/h4-14,16,22H,3,15H2,1-2H3/t16-/m0/s1. The molecule has 0 aliphatic carbocycles. The second-order valence-corrected chi connectivity index (χ2v) is 7.89. The van der Waals surface area contributed by atoms with E-state index in [0.717, 1.165) is 17.4 Å². The van der Waals surface area contributed by atoms with Crippen molar-refractivity contribution in [1.29, 1.82) is 0 Å². The molecule has 0 bridgehead atoms. The molecule has 0 aromatic heterocycles. The lowest BCUT2D eigenvalue weighted by Crippen LogP contribution is -2.27. The van der Waals surface area contributed by atoms with E-state index in [2.05, 4.69) is 4.72 Å². The van der Waals surface area contributed by atoms with Crippen LogP contribution in [0.3, 0.4) is 0 Å². The van der Waals surface area contributed by atoms with E-state index >= 15 is 0 Å². The molecule has 0 radical (unpaired) electrons. The highest BCUT2D eigenvalue weighted by Gasteiger charge is 2.21. The minimum Gasteiger partial charge on any atom is -0.493 e. The first kappa shape index (κ1) is 18.4. The Morgan fingerprint density at radius 2 is 1.58 bits per heavy atom. The van der Waals surface area contributed by atoms with Crippen LogP contribution >= 0.6 is 0 Å². The molecular weight excluding hydrogens is 346 g/mol. The zero-order valence-electron chi connectivity index (χ0n) is 15.0. The predicted molar refractivity (Wildman–Crippen MR) is 105 cm³/mol. The highest BCUT2D eigenvalue weighted by atomic mass is 32.2. The van der Waals surface area contributed by atoms with Crippen LogP contribution in [0, 0.1) is 0 Å². The van der Waals surface area contributed by atoms with E-state index in [1.807, 2.05) is 68.4 Å². The highest BCUT2D eigenvalue weighted by Crippen LogP contribution is 2.31. The van der Waals surface area contributed by atoms with E-state index in [0.29, 0.717) is 17.7 Å². The number of hydrogen-bond donors (Lipinski definition) is 1. The van der Waals surface area contributed by atoms with Gasteiger partial charge in [0.15, 0.2) is 0 Å². The fourth-order valence-corrected chi connectivity index (χ4v) is 4.37. The Labute approximate surface area is 154 Å². The molecule has 136 valence electrons. The fraction of sp³-hybridized carbons (Fsp3) is 0.238. The molecule has 3 rings (SSSR count). The summed E-state index contributed by atoms with van der Waals surface area (Å²) < 4.78 is 34.6. The number of hydrogen-bond acceptors (Lipinski definition) is 3. The molecule has 0 fully saturated rings. The van der Waals surface area contributed by atoms with Gasteiger partial charge in [-0.15, -0.1) is 0 Å². The van der Waals surface area contributed by atoms with Crippen LogP contribution in [-0.4, -0.2) is 15.0 Å². The van der Waals surface area contributed by atoms with E-state index in [-0.39, 0.29) is 10.9 Å². The smallest absolute Gasteiger partial charge is 0.241 e. The largest absolute Gasteiger partial charge is 0.493 e. The zero-order chi connectivity index (χ0) is 18.6. The summed E-state index contributed by atoms with van der Waals surface area (Å²) in [5, 5.41) is 1.46. The van der Waals surface area contributed by atoms with Crippen LogP contribution in [0.2, 0.25) is 0 Å². The molecule has 1 N–H and O–H groups in total. The lowest BCUT2D eigenvalue weighted by atomic mass is 10.1. The van der Waals surface area contributed by atoms with Crippen molar-refractivity contribution in [3.63, 3.8) is 0 Å². The molecule has 5 heteroatoms. The van der Waals surface area contributed by atoms with E-state index < -0.39 is 10.0 Å². The summed E-state index contributed by atoms with van der Waals surface area (Å²) in [4.78, 5) is 0.264. The molecule has 0 aliphatic heterocycles. The Kier molecular flexibility index (Phi) is 5.59. The average Bonchev–Trinajstić information content (AvgIpc) is 2.66. The van der Waals surface area contributed by atoms with Crippen LogP contribution in [0.1, 0.15) is 31.9 Å². The Morgan fingerprint density at radius 3 is 2.27 bits per heavy atom. The van der Waals surface area contributed by atoms with Crippen molar-refractivity contribution >= 4 is 20.8 Å². The summed E-state index contributed by atoms with van der Waals surface area (Å²) in [5.41, 5.74) is 0.920. The van der Waals surface area contributed by atoms with E-state index in [4.69, 9.17) is 4.74 Å². The number of fused-ring (bicyclic) bond motifs is 1. The summed E-state index contributed by atoms with van der Waals surface area (Å²) >= 11 is 0. The number of sulfonamides is 1. The topological polar surface area (TPSA) is 55.4 Å². The van der Waals surface area contributed by atoms with E-state index in [1.165, 1.54) is 0 Å². The molecule has 26 heavy (non-hydrogen) atoms. The van der Waals surface area contributed by atoms with Crippen LogP contribution in [0.15, 0.2) is 71.6 Å². The molecular formula is C21H23NO3S. The second kappa shape index (κ2) is 7.89. The van der Waals surface area contributed by atoms with Gasteiger partial charge in [-0.25, -0.2) is 13.1 Å². The molecule has 0 aliphatic rings. The first-order valence-electron chi connectivity index (χ1n) is 8.74. The lowest BCUT2D eigenvalue weighted by molar-refractivity contribution is 0.321. The van der Waals surface area contributed by atoms with Crippen LogP contribution in [0.5, 0.6) is 5.75 Å². The van der Waals surface area contributed by atoms with Crippen molar-refractivity contribution in [2.24, 2.45) is 0 Å². The summed E-state index contributed by atoms with van der Waals surface area (Å²) in [6.45, 7) is 4.48. The summed E-state index contributed by atoms with van der Waals surface area (Å²) in [5.74, 6) is 0.706. The predicted octanol–water partition coefficient (Wildman–Crippen LogP) is 4.67. The van der Waals surface area contributed by atoms with Crippen LogP contribution in [0.25, 0.3) is 10.8 Å². The molecule has 0 saturated carbocycles. The molecule has 3 aromatic carbocycles. The van der Waals surface area contributed by atoms with Gasteiger partial charge in [0, 0.05) is 16.8 Å².